The molecular weight excluding hydrogens is 234 g/mol. The highest BCUT2D eigenvalue weighted by atomic mass is 32.2. The lowest BCUT2D eigenvalue weighted by molar-refractivity contribution is -0.147. The molecule has 0 amide bonds. The molecule has 3 nitrogen and oxygen atoms in total. The van der Waals surface area contributed by atoms with Crippen LogP contribution >= 0.6 is 11.8 Å². The van der Waals surface area contributed by atoms with Crippen LogP contribution in [0.4, 0.5) is 0 Å². The Labute approximate surface area is 108 Å². The minimum absolute atomic E-state index is 0.116. The molecule has 0 saturated heterocycles. The summed E-state index contributed by atoms with van der Waals surface area (Å²) in [6.07, 6.45) is 7.71. The van der Waals surface area contributed by atoms with Crippen molar-refractivity contribution in [2.75, 3.05) is 12.9 Å². The Morgan fingerprint density at radius 1 is 1.35 bits per heavy atom. The number of carbonyl (C=O) groups excluding carboxylic acids is 1. The van der Waals surface area contributed by atoms with Crippen molar-refractivity contribution in [3.8, 4) is 0 Å². The number of hydrogen-bond donors (Lipinski definition) is 1. The molecule has 2 aliphatic carbocycles. The van der Waals surface area contributed by atoms with E-state index in [4.69, 9.17) is 4.74 Å². The van der Waals surface area contributed by atoms with E-state index in [0.29, 0.717) is 6.04 Å². The van der Waals surface area contributed by atoms with Crippen molar-refractivity contribution in [1.29, 1.82) is 0 Å². The Morgan fingerprint density at radius 2 is 2.00 bits per heavy atom. The van der Waals surface area contributed by atoms with Gasteiger partial charge < -0.3 is 4.74 Å². The lowest BCUT2D eigenvalue weighted by Crippen LogP contribution is -2.53. The van der Waals surface area contributed by atoms with E-state index in [9.17, 15) is 4.79 Å². The van der Waals surface area contributed by atoms with E-state index in [0.717, 1.165) is 11.0 Å². The van der Waals surface area contributed by atoms with Crippen LogP contribution in [0, 0.1) is 0 Å². The predicted molar refractivity (Wildman–Crippen MR) is 71.3 cm³/mol. The van der Waals surface area contributed by atoms with Gasteiger partial charge in [-0.25, -0.2) is 0 Å². The molecule has 0 aromatic rings. The zero-order valence-corrected chi connectivity index (χ0v) is 11.6. The molecule has 1 unspecified atom stereocenters. The monoisotopic (exact) mass is 257 g/mol. The van der Waals surface area contributed by atoms with E-state index in [1.165, 1.54) is 45.6 Å². The maximum absolute atomic E-state index is 11.9. The van der Waals surface area contributed by atoms with Crippen molar-refractivity contribution in [2.45, 2.75) is 62.3 Å². The second-order valence-corrected chi connectivity index (χ2v) is 6.75. The second-order valence-electron chi connectivity index (χ2n) is 5.46. The normalized spacial score (nSPS) is 24.6. The van der Waals surface area contributed by atoms with E-state index in [1.54, 1.807) is 0 Å². The summed E-state index contributed by atoms with van der Waals surface area (Å²) in [4.78, 5) is 11.9. The molecule has 1 N–H and O–H groups in total. The number of thioether (sulfide) groups is 1. The van der Waals surface area contributed by atoms with E-state index in [2.05, 4.69) is 5.32 Å². The Hall–Kier alpha value is -0.220. The molecule has 98 valence electrons. The molecule has 4 heteroatoms. The first kappa shape index (κ1) is 13.2. The molecule has 0 bridgehead atoms. The average Bonchev–Trinajstić information content (AvgIpc) is 2.97. The SMILES string of the molecule is COC(=O)C(C)(CSC1CCCC1)NC1CC1. The Morgan fingerprint density at radius 3 is 2.53 bits per heavy atom. The highest BCUT2D eigenvalue weighted by Crippen LogP contribution is 2.33. The van der Waals surface area contributed by atoms with Crippen molar-refractivity contribution in [3.05, 3.63) is 0 Å². The first-order chi connectivity index (χ1) is 8.14. The lowest BCUT2D eigenvalue weighted by atomic mass is 10.1. The maximum atomic E-state index is 11.9. The van der Waals surface area contributed by atoms with E-state index >= 15 is 0 Å². The Bertz CT molecular complexity index is 275. The largest absolute Gasteiger partial charge is 0.468 e. The summed E-state index contributed by atoms with van der Waals surface area (Å²) in [7, 11) is 1.48. The molecular formula is C13H23NO2S. The van der Waals surface area contributed by atoms with E-state index < -0.39 is 5.54 Å². The summed E-state index contributed by atoms with van der Waals surface area (Å²) in [6, 6.07) is 0.531. The highest BCUT2D eigenvalue weighted by Gasteiger charge is 2.40. The molecule has 2 aliphatic rings. The first-order valence-electron chi connectivity index (χ1n) is 6.62. The lowest BCUT2D eigenvalue weighted by Gasteiger charge is -2.28. The fourth-order valence-electron chi connectivity index (χ4n) is 2.40. The van der Waals surface area contributed by atoms with Crippen LogP contribution in [0.25, 0.3) is 0 Å². The van der Waals surface area contributed by atoms with E-state index in [-0.39, 0.29) is 5.97 Å². The van der Waals surface area contributed by atoms with Crippen molar-refractivity contribution >= 4 is 17.7 Å². The summed E-state index contributed by atoms with van der Waals surface area (Å²) < 4.78 is 4.94. The van der Waals surface area contributed by atoms with Crippen molar-refractivity contribution < 1.29 is 9.53 Å². The molecule has 2 rings (SSSR count). The van der Waals surface area contributed by atoms with Crippen LogP contribution in [0.1, 0.15) is 45.4 Å². The minimum atomic E-state index is -0.497. The summed E-state index contributed by atoms with van der Waals surface area (Å²) in [5.74, 6) is 0.718. The Balaban J connectivity index is 1.86. The third-order valence-electron chi connectivity index (χ3n) is 3.65. The van der Waals surface area contributed by atoms with E-state index in [1.807, 2.05) is 18.7 Å². The fourth-order valence-corrected chi connectivity index (χ4v) is 3.84. The van der Waals surface area contributed by atoms with Gasteiger partial charge in [0.15, 0.2) is 0 Å². The zero-order chi connectivity index (χ0) is 12.3. The third kappa shape index (κ3) is 3.62. The smallest absolute Gasteiger partial charge is 0.326 e. The number of ether oxygens (including phenoxy) is 1. The Kier molecular flexibility index (Phi) is 4.36. The van der Waals surface area contributed by atoms with Crippen LogP contribution in [0.15, 0.2) is 0 Å². The quantitative estimate of drug-likeness (QED) is 0.741. The van der Waals surface area contributed by atoms with Gasteiger partial charge in [-0.15, -0.1) is 0 Å². The van der Waals surface area contributed by atoms with Crippen molar-refractivity contribution in [2.24, 2.45) is 0 Å². The average molecular weight is 257 g/mol. The van der Waals surface area contributed by atoms with Gasteiger partial charge in [0.2, 0.25) is 0 Å². The predicted octanol–water partition coefficient (Wildman–Crippen LogP) is 2.35. The van der Waals surface area contributed by atoms with Gasteiger partial charge >= 0.3 is 5.97 Å². The third-order valence-corrected chi connectivity index (χ3v) is 5.33. The van der Waals surface area contributed by atoms with Gasteiger partial charge in [-0.3, -0.25) is 10.1 Å². The number of nitrogens with one attached hydrogen (secondary N) is 1. The van der Waals surface area contributed by atoms with Gasteiger partial charge in [-0.1, -0.05) is 12.8 Å². The summed E-state index contributed by atoms with van der Waals surface area (Å²) >= 11 is 1.94. The molecule has 0 aromatic heterocycles. The van der Waals surface area contributed by atoms with Crippen LogP contribution in [0.2, 0.25) is 0 Å². The number of carbonyl (C=O) groups is 1. The van der Waals surface area contributed by atoms with Crippen LogP contribution in [-0.4, -0.2) is 35.7 Å². The van der Waals surface area contributed by atoms with Crippen LogP contribution in [-0.2, 0) is 9.53 Å². The molecule has 0 aliphatic heterocycles. The second kappa shape index (κ2) is 5.61. The molecule has 0 heterocycles. The van der Waals surface area contributed by atoms with Gasteiger partial charge in [-0.05, 0) is 32.6 Å². The van der Waals surface area contributed by atoms with Crippen LogP contribution in [0.3, 0.4) is 0 Å². The maximum Gasteiger partial charge on any atom is 0.326 e. The molecule has 0 radical (unpaired) electrons. The van der Waals surface area contributed by atoms with Gasteiger partial charge in [0.05, 0.1) is 7.11 Å². The molecule has 17 heavy (non-hydrogen) atoms. The van der Waals surface area contributed by atoms with Crippen LogP contribution in [0.5, 0.6) is 0 Å². The van der Waals surface area contributed by atoms with Gasteiger partial charge in [0.25, 0.3) is 0 Å². The standard InChI is InChI=1S/C13H23NO2S/c1-13(12(15)16-2,14-10-7-8-10)9-17-11-5-3-4-6-11/h10-11,14H,3-9H2,1-2H3. The summed E-state index contributed by atoms with van der Waals surface area (Å²) in [5, 5.41) is 4.20. The van der Waals surface area contributed by atoms with Gasteiger partial charge in [0, 0.05) is 17.0 Å². The molecule has 1 atom stereocenters. The molecule has 2 fully saturated rings. The summed E-state index contributed by atoms with van der Waals surface area (Å²) in [5.41, 5.74) is -0.497. The molecule has 0 aromatic carbocycles. The van der Waals surface area contributed by atoms with Crippen LogP contribution < -0.4 is 5.32 Å². The first-order valence-corrected chi connectivity index (χ1v) is 7.66. The number of hydrogen-bond acceptors (Lipinski definition) is 4. The topological polar surface area (TPSA) is 38.3 Å². The number of methoxy groups -OCH3 is 1. The molecule has 0 spiro atoms. The summed E-state index contributed by atoms with van der Waals surface area (Å²) in [6.45, 7) is 1.99. The van der Waals surface area contributed by atoms with Crippen molar-refractivity contribution in [3.63, 3.8) is 0 Å². The number of rotatable bonds is 6. The van der Waals surface area contributed by atoms with Crippen molar-refractivity contribution in [1.82, 2.24) is 5.32 Å². The fraction of sp³-hybridized carbons (Fsp3) is 0.923. The molecule has 2 saturated carbocycles. The number of esters is 1. The highest BCUT2D eigenvalue weighted by molar-refractivity contribution is 8.00. The zero-order valence-electron chi connectivity index (χ0n) is 10.8. The van der Waals surface area contributed by atoms with Gasteiger partial charge in [0.1, 0.15) is 5.54 Å². The van der Waals surface area contributed by atoms with Gasteiger partial charge in [-0.2, -0.15) is 11.8 Å². The minimum Gasteiger partial charge on any atom is -0.468 e.